The summed E-state index contributed by atoms with van der Waals surface area (Å²) in [6, 6.07) is 0. The van der Waals surface area contributed by atoms with Gasteiger partial charge in [0.2, 0.25) is 0 Å². The molecular weight excluding hydrogens is 214 g/mol. The van der Waals surface area contributed by atoms with Crippen molar-refractivity contribution in [3.8, 4) is 0 Å². The number of fused-ring (bicyclic) bond motifs is 2. The zero-order valence-electron chi connectivity index (χ0n) is 7.39. The van der Waals surface area contributed by atoms with Crippen LogP contribution in [0.3, 0.4) is 0 Å². The van der Waals surface area contributed by atoms with E-state index in [0.29, 0.717) is 5.69 Å². The fourth-order valence-corrected chi connectivity index (χ4v) is 2.22. The van der Waals surface area contributed by atoms with Crippen LogP contribution < -0.4 is 10.9 Å². The number of nitrogens with zero attached hydrogens (tertiary/aromatic N) is 3. The van der Waals surface area contributed by atoms with Crippen molar-refractivity contribution in [2.45, 2.75) is 9.79 Å². The fraction of sp³-hybridized carbons (Fsp3) is 0. The van der Waals surface area contributed by atoms with Crippen LogP contribution in [0.1, 0.15) is 0 Å². The Morgan fingerprint density at radius 3 is 2.93 bits per heavy atom. The lowest BCUT2D eigenvalue weighted by Crippen LogP contribution is -2.16. The van der Waals surface area contributed by atoms with Gasteiger partial charge in [-0.2, -0.15) is 15.3 Å². The molecule has 0 unspecified atom stereocenters. The predicted molar refractivity (Wildman–Crippen MR) is 54.3 cm³/mol. The lowest BCUT2D eigenvalue weighted by molar-refractivity contribution is 0.948. The van der Waals surface area contributed by atoms with Crippen molar-refractivity contribution in [2.75, 3.05) is 5.32 Å². The molecule has 0 radical (unpaired) electrons. The first kappa shape index (κ1) is 8.42. The summed E-state index contributed by atoms with van der Waals surface area (Å²) in [5.41, 5.74) is 1.07. The van der Waals surface area contributed by atoms with E-state index in [-0.39, 0.29) is 5.56 Å². The molecule has 0 spiro atoms. The van der Waals surface area contributed by atoms with Crippen molar-refractivity contribution in [3.63, 3.8) is 0 Å². The smallest absolute Gasteiger partial charge is 0.289 e. The number of rotatable bonds is 0. The van der Waals surface area contributed by atoms with Gasteiger partial charge in [-0.25, -0.2) is 5.10 Å². The van der Waals surface area contributed by atoms with Gasteiger partial charge in [-0.15, -0.1) is 0 Å². The first-order valence-electron chi connectivity index (χ1n) is 4.18. The molecule has 2 aromatic rings. The minimum Gasteiger partial charge on any atom is -0.348 e. The van der Waals surface area contributed by atoms with Crippen molar-refractivity contribution >= 4 is 23.1 Å². The zero-order chi connectivity index (χ0) is 10.3. The van der Waals surface area contributed by atoms with E-state index in [4.69, 9.17) is 0 Å². The molecule has 2 N–H and O–H groups in total. The van der Waals surface area contributed by atoms with E-state index in [2.05, 4.69) is 25.7 Å². The Bertz CT molecular complexity index is 581. The third-order valence-corrected chi connectivity index (χ3v) is 3.07. The van der Waals surface area contributed by atoms with Crippen LogP contribution in [-0.2, 0) is 0 Å². The fourth-order valence-electron chi connectivity index (χ4n) is 1.32. The predicted octanol–water partition coefficient (Wildman–Crippen LogP) is 0.768. The minimum atomic E-state index is -0.234. The lowest BCUT2D eigenvalue weighted by atomic mass is 10.4. The number of hydrogen-bond acceptors (Lipinski definition) is 6. The van der Waals surface area contributed by atoms with Crippen LogP contribution in [0.4, 0.5) is 11.4 Å². The lowest BCUT2D eigenvalue weighted by Gasteiger charge is -2.17. The molecule has 1 aliphatic heterocycles. The highest BCUT2D eigenvalue weighted by atomic mass is 32.2. The van der Waals surface area contributed by atoms with Crippen molar-refractivity contribution in [2.24, 2.45) is 0 Å². The summed E-state index contributed by atoms with van der Waals surface area (Å²) in [6.45, 7) is 0. The molecule has 0 saturated heterocycles. The SMILES string of the molecule is O=c1[nH]ncc2c1Nc1cnncc1S2. The number of hydrogen-bond donors (Lipinski definition) is 2. The molecule has 1 aliphatic rings. The summed E-state index contributed by atoms with van der Waals surface area (Å²) < 4.78 is 0. The molecule has 6 nitrogen and oxygen atoms in total. The van der Waals surface area contributed by atoms with Crippen molar-refractivity contribution in [3.05, 3.63) is 28.9 Å². The van der Waals surface area contributed by atoms with Gasteiger partial charge in [0.15, 0.2) is 0 Å². The second kappa shape index (κ2) is 3.06. The molecule has 3 heterocycles. The maximum Gasteiger partial charge on any atom is 0.289 e. The highest BCUT2D eigenvalue weighted by Crippen LogP contribution is 2.40. The molecule has 0 bridgehead atoms. The molecule has 0 saturated carbocycles. The zero-order valence-corrected chi connectivity index (χ0v) is 8.21. The number of nitrogens with one attached hydrogen (secondary N) is 2. The van der Waals surface area contributed by atoms with Gasteiger partial charge in [-0.05, 0) is 0 Å². The Morgan fingerprint density at radius 2 is 2.00 bits per heavy atom. The quantitative estimate of drug-likeness (QED) is 0.581. The molecule has 0 aromatic carbocycles. The second-order valence-corrected chi connectivity index (χ2v) is 4.02. The number of anilines is 2. The standard InChI is InChI=1S/C8H5N5OS/c14-8-7-6(3-11-13-8)15-5-2-10-9-1-4(5)12-7/h1-3,12H,(H,13,14). The summed E-state index contributed by atoms with van der Waals surface area (Å²) >= 11 is 1.45. The Hall–Kier alpha value is -1.89. The number of aromatic amines is 1. The van der Waals surface area contributed by atoms with E-state index in [0.717, 1.165) is 15.5 Å². The number of H-pyrrole nitrogens is 1. The summed E-state index contributed by atoms with van der Waals surface area (Å²) in [4.78, 5) is 13.2. The number of aromatic nitrogens is 4. The van der Waals surface area contributed by atoms with Crippen LogP contribution in [0.15, 0.2) is 33.2 Å². The van der Waals surface area contributed by atoms with Gasteiger partial charge in [0.25, 0.3) is 5.56 Å². The van der Waals surface area contributed by atoms with Gasteiger partial charge >= 0.3 is 0 Å². The molecule has 74 valence electrons. The largest absolute Gasteiger partial charge is 0.348 e. The molecule has 0 atom stereocenters. The second-order valence-electron chi connectivity index (χ2n) is 2.93. The van der Waals surface area contributed by atoms with E-state index in [1.54, 1.807) is 18.6 Å². The molecule has 0 fully saturated rings. The van der Waals surface area contributed by atoms with E-state index in [1.165, 1.54) is 11.8 Å². The van der Waals surface area contributed by atoms with E-state index in [1.807, 2.05) is 0 Å². The maximum atomic E-state index is 11.4. The summed E-state index contributed by atoms with van der Waals surface area (Å²) in [7, 11) is 0. The first-order valence-corrected chi connectivity index (χ1v) is 4.99. The van der Waals surface area contributed by atoms with Gasteiger partial charge in [-0.3, -0.25) is 4.79 Å². The van der Waals surface area contributed by atoms with Crippen LogP contribution in [0.5, 0.6) is 0 Å². The van der Waals surface area contributed by atoms with Crippen LogP contribution in [0, 0.1) is 0 Å². The van der Waals surface area contributed by atoms with Gasteiger partial charge < -0.3 is 5.32 Å². The Balaban J connectivity index is 2.19. The molecule has 2 aromatic heterocycles. The average Bonchev–Trinajstić information content (AvgIpc) is 2.27. The minimum absolute atomic E-state index is 0.234. The summed E-state index contributed by atoms with van der Waals surface area (Å²) in [6.07, 6.45) is 4.85. The summed E-state index contributed by atoms with van der Waals surface area (Å²) in [5.74, 6) is 0. The monoisotopic (exact) mass is 219 g/mol. The average molecular weight is 219 g/mol. The molecule has 0 amide bonds. The van der Waals surface area contributed by atoms with Crippen LogP contribution in [-0.4, -0.2) is 20.4 Å². The molecule has 0 aliphatic carbocycles. The van der Waals surface area contributed by atoms with Gasteiger partial charge in [0, 0.05) is 0 Å². The van der Waals surface area contributed by atoms with Crippen molar-refractivity contribution < 1.29 is 0 Å². The van der Waals surface area contributed by atoms with E-state index in [9.17, 15) is 4.79 Å². The summed E-state index contributed by atoms with van der Waals surface area (Å²) in [5, 5.41) is 16.6. The Labute approximate surface area is 88.1 Å². The van der Waals surface area contributed by atoms with Crippen molar-refractivity contribution in [1.82, 2.24) is 20.4 Å². The van der Waals surface area contributed by atoms with E-state index >= 15 is 0 Å². The molecule has 3 rings (SSSR count). The van der Waals surface area contributed by atoms with E-state index < -0.39 is 0 Å². The molecule has 7 heteroatoms. The van der Waals surface area contributed by atoms with Gasteiger partial charge in [0.1, 0.15) is 5.69 Å². The normalized spacial score (nSPS) is 12.5. The van der Waals surface area contributed by atoms with Crippen LogP contribution in [0.25, 0.3) is 0 Å². The Kier molecular flexibility index (Phi) is 1.72. The maximum absolute atomic E-state index is 11.4. The molecular formula is C8H5N5OS. The Morgan fingerprint density at radius 1 is 1.13 bits per heavy atom. The highest BCUT2D eigenvalue weighted by molar-refractivity contribution is 7.99. The first-order chi connectivity index (χ1) is 7.34. The van der Waals surface area contributed by atoms with Gasteiger partial charge in [0.05, 0.1) is 34.1 Å². The van der Waals surface area contributed by atoms with Crippen LogP contribution in [0.2, 0.25) is 0 Å². The van der Waals surface area contributed by atoms with Crippen molar-refractivity contribution in [1.29, 1.82) is 0 Å². The third-order valence-electron chi connectivity index (χ3n) is 1.99. The third kappa shape index (κ3) is 1.28. The highest BCUT2D eigenvalue weighted by Gasteiger charge is 2.18. The van der Waals surface area contributed by atoms with Crippen LogP contribution >= 0.6 is 11.8 Å². The topological polar surface area (TPSA) is 83.6 Å². The van der Waals surface area contributed by atoms with Gasteiger partial charge in [-0.1, -0.05) is 11.8 Å². The molecule has 15 heavy (non-hydrogen) atoms.